The molecule has 1 aromatic rings. The van der Waals surface area contributed by atoms with E-state index in [2.05, 4.69) is 0 Å². The lowest BCUT2D eigenvalue weighted by Gasteiger charge is -2.18. The molecule has 7 heteroatoms. The second-order valence-electron chi connectivity index (χ2n) is 4.44. The summed E-state index contributed by atoms with van der Waals surface area (Å²) in [4.78, 5) is 0.151. The van der Waals surface area contributed by atoms with Crippen molar-refractivity contribution in [2.24, 2.45) is 0 Å². The Labute approximate surface area is 111 Å². The summed E-state index contributed by atoms with van der Waals surface area (Å²) in [5.74, 6) is 0. The molecule has 100 valence electrons. The van der Waals surface area contributed by atoms with Crippen molar-refractivity contribution in [3.8, 4) is 0 Å². The molecule has 0 amide bonds. The van der Waals surface area contributed by atoms with Crippen LogP contribution >= 0.6 is 11.6 Å². The third-order valence-corrected chi connectivity index (χ3v) is 5.37. The SMILES string of the molecule is Cc1cc(Cl)c(N)cc1S(=O)(=O)N1CC[C@@H](O)C1. The summed E-state index contributed by atoms with van der Waals surface area (Å²) in [7, 11) is -3.61. The molecule has 1 aliphatic rings. The lowest BCUT2D eigenvalue weighted by atomic mass is 10.2. The van der Waals surface area contributed by atoms with Crippen LogP contribution in [0.4, 0.5) is 5.69 Å². The summed E-state index contributed by atoms with van der Waals surface area (Å²) in [6, 6.07) is 2.91. The highest BCUT2D eigenvalue weighted by atomic mass is 35.5. The standard InChI is InChI=1S/C11H15ClN2O3S/c1-7-4-9(12)10(13)5-11(7)18(16,17)14-3-2-8(15)6-14/h4-5,8,15H,2-3,6,13H2,1H3/t8-/m1/s1. The lowest BCUT2D eigenvalue weighted by Crippen LogP contribution is -2.30. The average molecular weight is 291 g/mol. The maximum Gasteiger partial charge on any atom is 0.243 e. The van der Waals surface area contributed by atoms with Crippen molar-refractivity contribution in [3.05, 3.63) is 22.7 Å². The number of nitrogens with zero attached hydrogens (tertiary/aromatic N) is 1. The molecule has 1 aliphatic heterocycles. The molecule has 0 saturated carbocycles. The number of benzene rings is 1. The molecule has 18 heavy (non-hydrogen) atoms. The molecule has 0 unspecified atom stereocenters. The van der Waals surface area contributed by atoms with Gasteiger partial charge < -0.3 is 10.8 Å². The van der Waals surface area contributed by atoms with Gasteiger partial charge in [0.1, 0.15) is 0 Å². The molecule has 3 N–H and O–H groups in total. The lowest BCUT2D eigenvalue weighted by molar-refractivity contribution is 0.189. The van der Waals surface area contributed by atoms with Crippen LogP contribution in [-0.4, -0.2) is 37.0 Å². The van der Waals surface area contributed by atoms with E-state index in [0.717, 1.165) is 0 Å². The summed E-state index contributed by atoms with van der Waals surface area (Å²) >= 11 is 5.85. The van der Waals surface area contributed by atoms with Crippen molar-refractivity contribution < 1.29 is 13.5 Å². The number of hydrogen-bond donors (Lipinski definition) is 2. The molecule has 1 aromatic carbocycles. The van der Waals surface area contributed by atoms with Crippen LogP contribution in [0.25, 0.3) is 0 Å². The van der Waals surface area contributed by atoms with Gasteiger partial charge in [-0.25, -0.2) is 8.42 Å². The predicted octanol–water partition coefficient (Wildman–Crippen LogP) is 0.986. The van der Waals surface area contributed by atoms with E-state index in [1.165, 1.54) is 16.4 Å². The van der Waals surface area contributed by atoms with Crippen molar-refractivity contribution in [1.82, 2.24) is 4.31 Å². The molecule has 1 fully saturated rings. The van der Waals surface area contributed by atoms with E-state index in [9.17, 15) is 13.5 Å². The highest BCUT2D eigenvalue weighted by Crippen LogP contribution is 2.29. The van der Waals surface area contributed by atoms with Gasteiger partial charge >= 0.3 is 0 Å². The summed E-state index contributed by atoms with van der Waals surface area (Å²) < 4.78 is 26.0. The second kappa shape index (κ2) is 4.70. The Hall–Kier alpha value is -0.820. The van der Waals surface area contributed by atoms with Gasteiger partial charge in [0.05, 0.1) is 21.7 Å². The molecule has 0 bridgehead atoms. The van der Waals surface area contributed by atoms with Crippen LogP contribution in [0.2, 0.25) is 5.02 Å². The van der Waals surface area contributed by atoms with Crippen molar-refractivity contribution in [1.29, 1.82) is 0 Å². The first kappa shape index (κ1) is 13.6. The van der Waals surface area contributed by atoms with Crippen LogP contribution in [0.5, 0.6) is 0 Å². The van der Waals surface area contributed by atoms with Gasteiger partial charge in [-0.2, -0.15) is 4.31 Å². The molecule has 0 aromatic heterocycles. The first-order valence-electron chi connectivity index (χ1n) is 5.56. The van der Waals surface area contributed by atoms with Crippen LogP contribution in [0.15, 0.2) is 17.0 Å². The monoisotopic (exact) mass is 290 g/mol. The molecule has 2 rings (SSSR count). The second-order valence-corrected chi connectivity index (χ2v) is 6.76. The van der Waals surface area contributed by atoms with Crippen LogP contribution in [0, 0.1) is 6.92 Å². The first-order valence-corrected chi connectivity index (χ1v) is 7.38. The van der Waals surface area contributed by atoms with Crippen molar-refractivity contribution in [3.63, 3.8) is 0 Å². The third kappa shape index (κ3) is 2.33. The summed E-state index contributed by atoms with van der Waals surface area (Å²) in [5, 5.41) is 9.77. The van der Waals surface area contributed by atoms with E-state index >= 15 is 0 Å². The Bertz CT molecular complexity index is 574. The normalized spacial score (nSPS) is 21.4. The minimum absolute atomic E-state index is 0.129. The zero-order chi connectivity index (χ0) is 13.5. The van der Waals surface area contributed by atoms with E-state index in [1.807, 2.05) is 0 Å². The first-order chi connectivity index (χ1) is 8.32. The largest absolute Gasteiger partial charge is 0.397 e. The van der Waals surface area contributed by atoms with Crippen LogP contribution < -0.4 is 5.73 Å². The third-order valence-electron chi connectivity index (χ3n) is 3.04. The van der Waals surface area contributed by atoms with Crippen LogP contribution in [0.1, 0.15) is 12.0 Å². The molecule has 1 heterocycles. The van der Waals surface area contributed by atoms with Gasteiger partial charge in [0.15, 0.2) is 0 Å². The number of nitrogen functional groups attached to an aromatic ring is 1. The fraction of sp³-hybridized carbons (Fsp3) is 0.455. The fourth-order valence-electron chi connectivity index (χ4n) is 2.01. The van der Waals surface area contributed by atoms with E-state index in [-0.39, 0.29) is 17.1 Å². The highest BCUT2D eigenvalue weighted by molar-refractivity contribution is 7.89. The minimum Gasteiger partial charge on any atom is -0.397 e. The number of rotatable bonds is 2. The molecule has 0 radical (unpaired) electrons. The number of aryl methyl sites for hydroxylation is 1. The van der Waals surface area contributed by atoms with Crippen molar-refractivity contribution in [2.45, 2.75) is 24.3 Å². The van der Waals surface area contributed by atoms with E-state index in [0.29, 0.717) is 23.6 Å². The molecule has 1 saturated heterocycles. The Morgan fingerprint density at radius 3 is 2.72 bits per heavy atom. The zero-order valence-corrected chi connectivity index (χ0v) is 11.5. The minimum atomic E-state index is -3.61. The predicted molar refractivity (Wildman–Crippen MR) is 70.0 cm³/mol. The molecule has 0 spiro atoms. The highest BCUT2D eigenvalue weighted by Gasteiger charge is 2.32. The Kier molecular flexibility index (Phi) is 3.55. The molecule has 5 nitrogen and oxygen atoms in total. The van der Waals surface area contributed by atoms with Gasteiger partial charge in [-0.3, -0.25) is 0 Å². The van der Waals surface area contributed by atoms with Gasteiger partial charge in [-0.1, -0.05) is 11.6 Å². The number of β-amino-alcohol motifs (C(OH)–C–C–N with tert-alkyl or cyclic N) is 1. The van der Waals surface area contributed by atoms with Crippen LogP contribution in [-0.2, 0) is 10.0 Å². The summed E-state index contributed by atoms with van der Waals surface area (Å²) in [6.45, 7) is 2.13. The van der Waals surface area contributed by atoms with Gasteiger partial charge in [-0.15, -0.1) is 0 Å². The Morgan fingerprint density at radius 1 is 1.50 bits per heavy atom. The van der Waals surface area contributed by atoms with Crippen molar-refractivity contribution >= 4 is 27.3 Å². The van der Waals surface area contributed by atoms with Crippen molar-refractivity contribution in [2.75, 3.05) is 18.8 Å². The summed E-state index contributed by atoms with van der Waals surface area (Å²) in [6.07, 6.45) is -0.133. The maximum atomic E-state index is 12.4. The molecule has 0 aliphatic carbocycles. The average Bonchev–Trinajstić information content (AvgIpc) is 2.70. The Morgan fingerprint density at radius 2 is 2.17 bits per heavy atom. The number of anilines is 1. The quantitative estimate of drug-likeness (QED) is 0.796. The smallest absolute Gasteiger partial charge is 0.243 e. The zero-order valence-electron chi connectivity index (χ0n) is 9.93. The van der Waals surface area contributed by atoms with Gasteiger partial charge in [0.25, 0.3) is 0 Å². The van der Waals surface area contributed by atoms with Gasteiger partial charge in [-0.05, 0) is 31.0 Å². The number of halogens is 1. The molecular weight excluding hydrogens is 276 g/mol. The number of aliphatic hydroxyl groups excluding tert-OH is 1. The van der Waals surface area contributed by atoms with E-state index < -0.39 is 16.1 Å². The number of sulfonamides is 1. The number of hydrogen-bond acceptors (Lipinski definition) is 4. The number of nitrogens with two attached hydrogens (primary N) is 1. The summed E-state index contributed by atoms with van der Waals surface area (Å²) in [5.41, 5.74) is 6.44. The fourth-order valence-corrected chi connectivity index (χ4v) is 3.97. The van der Waals surface area contributed by atoms with Crippen LogP contribution in [0.3, 0.4) is 0 Å². The maximum absolute atomic E-state index is 12.4. The molecule has 1 atom stereocenters. The van der Waals surface area contributed by atoms with E-state index in [4.69, 9.17) is 17.3 Å². The number of aliphatic hydroxyl groups is 1. The Balaban J connectivity index is 2.45. The molecular formula is C11H15ClN2O3S. The van der Waals surface area contributed by atoms with E-state index in [1.54, 1.807) is 6.92 Å². The van der Waals surface area contributed by atoms with Gasteiger partial charge in [0.2, 0.25) is 10.0 Å². The van der Waals surface area contributed by atoms with Gasteiger partial charge in [0, 0.05) is 13.1 Å². The topological polar surface area (TPSA) is 83.6 Å².